The molecule has 0 aliphatic rings. The van der Waals surface area contributed by atoms with Crippen LogP contribution in [-0.2, 0) is 14.4 Å². The first-order valence-electron chi connectivity index (χ1n) is 6.51. The van der Waals surface area contributed by atoms with E-state index in [0.29, 0.717) is 0 Å². The fourth-order valence-corrected chi connectivity index (χ4v) is 1.90. The summed E-state index contributed by atoms with van der Waals surface area (Å²) in [6, 6.07) is 0. The number of carboxylic acid groups (broad SMARTS) is 1. The van der Waals surface area contributed by atoms with Crippen molar-refractivity contribution in [1.29, 1.82) is 0 Å². The van der Waals surface area contributed by atoms with Gasteiger partial charge < -0.3 is 14.7 Å². The van der Waals surface area contributed by atoms with Crippen molar-refractivity contribution >= 4 is 34.9 Å². The van der Waals surface area contributed by atoms with E-state index in [9.17, 15) is 9.59 Å². The van der Waals surface area contributed by atoms with Gasteiger partial charge in [-0.15, -0.1) is 11.3 Å². The third kappa shape index (κ3) is 6.08. The monoisotopic (exact) mass is 329 g/mol. The Kier molecular flexibility index (Phi) is 5.86. The molecule has 0 radical (unpaired) electrons. The molecule has 0 bridgehead atoms. The van der Waals surface area contributed by atoms with E-state index >= 15 is 0 Å². The number of aromatic nitrogens is 1. The first-order valence-corrected chi connectivity index (χ1v) is 7.39. The molecule has 122 valence electrons. The summed E-state index contributed by atoms with van der Waals surface area (Å²) < 4.78 is 5.08. The predicted molar refractivity (Wildman–Crippen MR) is 82.4 cm³/mol. The van der Waals surface area contributed by atoms with E-state index in [0.717, 1.165) is 11.3 Å². The van der Waals surface area contributed by atoms with Gasteiger partial charge in [0.2, 0.25) is 5.71 Å². The van der Waals surface area contributed by atoms with Gasteiger partial charge in [0.25, 0.3) is 0 Å². The molecule has 1 rings (SSSR count). The van der Waals surface area contributed by atoms with Crippen LogP contribution in [0.5, 0.6) is 0 Å². The molecule has 0 saturated heterocycles. The smallest absolute Gasteiger partial charge is 0.413 e. The zero-order valence-electron chi connectivity index (χ0n) is 13.0. The van der Waals surface area contributed by atoms with Crippen molar-refractivity contribution in [2.45, 2.75) is 46.3 Å². The van der Waals surface area contributed by atoms with E-state index in [1.54, 1.807) is 34.6 Å². The highest BCUT2D eigenvalue weighted by Gasteiger charge is 2.21. The number of carbonyl (C=O) groups is 2. The lowest BCUT2D eigenvalue weighted by atomic mass is 10.2. The number of hydrogen-bond donors (Lipinski definition) is 2. The number of nitrogens with zero attached hydrogens (tertiary/aromatic N) is 2. The number of aliphatic carboxylic acids is 1. The van der Waals surface area contributed by atoms with E-state index < -0.39 is 17.7 Å². The van der Waals surface area contributed by atoms with E-state index in [-0.39, 0.29) is 22.6 Å². The molecule has 9 heteroatoms. The van der Waals surface area contributed by atoms with Gasteiger partial charge in [0.15, 0.2) is 5.01 Å². The van der Waals surface area contributed by atoms with Gasteiger partial charge in [0.1, 0.15) is 17.5 Å². The average Bonchev–Trinajstić information content (AvgIpc) is 2.73. The number of thiazole rings is 1. The molecule has 1 amide bonds. The summed E-state index contributed by atoms with van der Waals surface area (Å²) in [5, 5.41) is 16.7. The molecule has 0 saturated carbocycles. The minimum absolute atomic E-state index is 0.124. The van der Waals surface area contributed by atoms with Gasteiger partial charge in [-0.05, 0) is 34.6 Å². The van der Waals surface area contributed by atoms with Crippen LogP contribution in [0.4, 0.5) is 10.6 Å². The van der Waals surface area contributed by atoms with E-state index in [1.165, 1.54) is 5.38 Å². The number of carbonyl (C=O) groups excluding carboxylic acids is 1. The minimum Gasteiger partial charge on any atom is -0.476 e. The molecule has 22 heavy (non-hydrogen) atoms. The van der Waals surface area contributed by atoms with Crippen molar-refractivity contribution in [3.05, 3.63) is 10.4 Å². The zero-order chi connectivity index (χ0) is 16.9. The molecule has 0 aromatic carbocycles. The number of hydrogen-bond acceptors (Lipinski definition) is 7. The number of rotatable bonds is 5. The van der Waals surface area contributed by atoms with Crippen LogP contribution in [0.15, 0.2) is 10.5 Å². The standard InChI is InChI=1S/C13H19N3O5S/c1-7(2)21-16-9(11(17)18)10-14-8(6-22-10)15-12(19)20-13(3,4)5/h6-7H,1-5H3,(H,15,19)(H,17,18)/b16-9+. The molecule has 1 aromatic heterocycles. The van der Waals surface area contributed by atoms with Crippen molar-refractivity contribution in [2.24, 2.45) is 5.16 Å². The van der Waals surface area contributed by atoms with Crippen molar-refractivity contribution in [1.82, 2.24) is 4.98 Å². The Morgan fingerprint density at radius 2 is 2.05 bits per heavy atom. The Balaban J connectivity index is 2.83. The lowest BCUT2D eigenvalue weighted by molar-refractivity contribution is -0.129. The maximum Gasteiger partial charge on any atom is 0.413 e. The molecular formula is C13H19N3O5S. The highest BCUT2D eigenvalue weighted by molar-refractivity contribution is 7.13. The Morgan fingerprint density at radius 1 is 1.41 bits per heavy atom. The Bertz CT molecular complexity index is 574. The van der Waals surface area contributed by atoms with Gasteiger partial charge in [0.05, 0.1) is 0 Å². The number of ether oxygens (including phenoxy) is 1. The lowest BCUT2D eigenvalue weighted by Crippen LogP contribution is -2.27. The van der Waals surface area contributed by atoms with Crippen molar-refractivity contribution in [3.8, 4) is 0 Å². The van der Waals surface area contributed by atoms with Crippen LogP contribution in [-0.4, -0.2) is 39.6 Å². The highest BCUT2D eigenvalue weighted by atomic mass is 32.1. The summed E-state index contributed by atoms with van der Waals surface area (Å²) in [6.45, 7) is 8.65. The van der Waals surface area contributed by atoms with Crippen molar-refractivity contribution in [3.63, 3.8) is 0 Å². The zero-order valence-corrected chi connectivity index (χ0v) is 13.9. The third-order valence-corrected chi connectivity index (χ3v) is 2.74. The SMILES string of the molecule is CC(C)O/N=C(/C(=O)O)c1nc(NC(=O)OC(C)(C)C)cs1. The second kappa shape index (κ2) is 7.21. The van der Waals surface area contributed by atoms with Gasteiger partial charge in [-0.3, -0.25) is 5.32 Å². The molecule has 8 nitrogen and oxygen atoms in total. The summed E-state index contributed by atoms with van der Waals surface area (Å²) in [7, 11) is 0. The lowest BCUT2D eigenvalue weighted by Gasteiger charge is -2.19. The molecule has 2 N–H and O–H groups in total. The topological polar surface area (TPSA) is 110 Å². The molecule has 0 fully saturated rings. The summed E-state index contributed by atoms with van der Waals surface area (Å²) in [5.74, 6) is -1.08. The first-order chi connectivity index (χ1) is 10.1. The Hall–Kier alpha value is -2.16. The second-order valence-electron chi connectivity index (χ2n) is 5.56. The van der Waals surface area contributed by atoms with Gasteiger partial charge in [-0.25, -0.2) is 14.6 Å². The molecule has 0 atom stereocenters. The summed E-state index contributed by atoms with van der Waals surface area (Å²) in [6.07, 6.45) is -0.926. The van der Waals surface area contributed by atoms with Gasteiger partial charge in [-0.2, -0.15) is 0 Å². The van der Waals surface area contributed by atoms with Crippen LogP contribution in [0.2, 0.25) is 0 Å². The number of anilines is 1. The van der Waals surface area contributed by atoms with Crippen LogP contribution in [0.25, 0.3) is 0 Å². The normalized spacial score (nSPS) is 12.2. The average molecular weight is 329 g/mol. The van der Waals surface area contributed by atoms with Crippen LogP contribution < -0.4 is 5.32 Å². The van der Waals surface area contributed by atoms with Crippen LogP contribution in [0.1, 0.15) is 39.6 Å². The summed E-state index contributed by atoms with van der Waals surface area (Å²) >= 11 is 1.02. The predicted octanol–water partition coefficient (Wildman–Crippen LogP) is 2.70. The second-order valence-corrected chi connectivity index (χ2v) is 6.42. The number of oxime groups is 1. The molecular weight excluding hydrogens is 310 g/mol. The molecule has 1 heterocycles. The summed E-state index contributed by atoms with van der Waals surface area (Å²) in [4.78, 5) is 31.7. The first kappa shape index (κ1) is 17.9. The van der Waals surface area contributed by atoms with Crippen LogP contribution in [0, 0.1) is 0 Å². The molecule has 1 aromatic rings. The molecule has 0 aliphatic carbocycles. The van der Waals surface area contributed by atoms with Gasteiger partial charge in [-0.1, -0.05) is 5.16 Å². The van der Waals surface area contributed by atoms with Crippen LogP contribution in [0.3, 0.4) is 0 Å². The minimum atomic E-state index is -1.26. The largest absolute Gasteiger partial charge is 0.476 e. The molecule has 0 spiro atoms. The third-order valence-electron chi connectivity index (χ3n) is 1.89. The number of carboxylic acids is 1. The fourth-order valence-electron chi connectivity index (χ4n) is 1.18. The quantitative estimate of drug-likeness (QED) is 0.635. The van der Waals surface area contributed by atoms with E-state index in [2.05, 4.69) is 15.5 Å². The van der Waals surface area contributed by atoms with Crippen molar-refractivity contribution < 1.29 is 24.3 Å². The number of nitrogens with one attached hydrogen (secondary N) is 1. The maximum absolute atomic E-state index is 11.6. The highest BCUT2D eigenvalue weighted by Crippen LogP contribution is 2.17. The van der Waals surface area contributed by atoms with Crippen LogP contribution >= 0.6 is 11.3 Å². The van der Waals surface area contributed by atoms with Crippen molar-refractivity contribution in [2.75, 3.05) is 5.32 Å². The van der Waals surface area contributed by atoms with E-state index in [1.807, 2.05) is 0 Å². The summed E-state index contributed by atoms with van der Waals surface area (Å²) in [5.41, 5.74) is -0.960. The molecule has 0 aliphatic heterocycles. The molecule has 0 unspecified atom stereocenters. The Labute approximate surface area is 132 Å². The number of amides is 1. The fraction of sp³-hybridized carbons (Fsp3) is 0.538. The Morgan fingerprint density at radius 3 is 2.55 bits per heavy atom. The van der Waals surface area contributed by atoms with E-state index in [4.69, 9.17) is 14.7 Å². The maximum atomic E-state index is 11.6. The van der Waals surface area contributed by atoms with Gasteiger partial charge >= 0.3 is 12.1 Å². The van der Waals surface area contributed by atoms with Gasteiger partial charge in [0, 0.05) is 5.38 Å².